The monoisotopic (exact) mass is 416 g/mol. The van der Waals surface area contributed by atoms with Crippen LogP contribution in [-0.4, -0.2) is 23.1 Å². The third-order valence-electron chi connectivity index (χ3n) is 6.46. The summed E-state index contributed by atoms with van der Waals surface area (Å²) in [6, 6.07) is 21.6. The number of hydrogen-bond acceptors (Lipinski definition) is 2. The first-order valence-electron chi connectivity index (χ1n) is 10.8. The fourth-order valence-corrected chi connectivity index (χ4v) is 5.13. The summed E-state index contributed by atoms with van der Waals surface area (Å²) in [4.78, 5) is 14.7. The van der Waals surface area contributed by atoms with Crippen LogP contribution in [0.4, 0.5) is 9.18 Å². The van der Waals surface area contributed by atoms with Crippen LogP contribution >= 0.6 is 0 Å². The molecular formula is C26H25FN2O2. The number of carbonyl (C=O) groups is 1. The Bertz CT molecular complexity index is 1050. The summed E-state index contributed by atoms with van der Waals surface area (Å²) in [5, 5.41) is 0. The molecule has 2 amide bonds. The Morgan fingerprint density at radius 1 is 0.871 bits per heavy atom. The summed E-state index contributed by atoms with van der Waals surface area (Å²) in [6.07, 6.45) is 3.46. The highest BCUT2D eigenvalue weighted by Crippen LogP contribution is 2.48. The van der Waals surface area contributed by atoms with E-state index in [0.717, 1.165) is 47.9 Å². The normalized spacial score (nSPS) is 20.0. The van der Waals surface area contributed by atoms with Crippen LogP contribution in [0.3, 0.4) is 0 Å². The highest BCUT2D eigenvalue weighted by molar-refractivity contribution is 5.82. The van der Waals surface area contributed by atoms with Gasteiger partial charge in [0.15, 0.2) is 0 Å². The number of hydrogen-bond donors (Lipinski definition) is 1. The molecule has 4 nitrogen and oxygen atoms in total. The van der Waals surface area contributed by atoms with Crippen molar-refractivity contribution in [3.8, 4) is 16.9 Å². The van der Waals surface area contributed by atoms with Crippen LogP contribution in [0, 0.1) is 5.82 Å². The number of halogens is 1. The van der Waals surface area contributed by atoms with Crippen molar-refractivity contribution in [3.05, 3.63) is 89.7 Å². The lowest BCUT2D eigenvalue weighted by molar-refractivity contribution is 0.0437. The van der Waals surface area contributed by atoms with Crippen molar-refractivity contribution in [2.75, 3.05) is 0 Å². The summed E-state index contributed by atoms with van der Waals surface area (Å²) in [5.74, 6) is 0.306. The first-order valence-corrected chi connectivity index (χ1v) is 10.8. The second-order valence-corrected chi connectivity index (χ2v) is 8.28. The van der Waals surface area contributed by atoms with Gasteiger partial charge in [0, 0.05) is 0 Å². The Labute approximate surface area is 181 Å². The number of nitrogens with two attached hydrogens (primary N) is 1. The second-order valence-electron chi connectivity index (χ2n) is 8.28. The highest BCUT2D eigenvalue weighted by atomic mass is 19.1. The average molecular weight is 416 g/mol. The minimum absolute atomic E-state index is 0.166. The van der Waals surface area contributed by atoms with E-state index in [1.807, 2.05) is 29.2 Å². The van der Waals surface area contributed by atoms with Gasteiger partial charge >= 0.3 is 6.03 Å². The van der Waals surface area contributed by atoms with E-state index < -0.39 is 6.03 Å². The highest BCUT2D eigenvalue weighted by Gasteiger charge is 2.42. The van der Waals surface area contributed by atoms with E-state index in [9.17, 15) is 9.18 Å². The lowest BCUT2D eigenvalue weighted by atomic mass is 9.89. The van der Waals surface area contributed by atoms with Crippen molar-refractivity contribution < 1.29 is 13.9 Å². The van der Waals surface area contributed by atoms with Crippen LogP contribution in [0.2, 0.25) is 0 Å². The molecule has 3 aromatic carbocycles. The molecule has 0 aliphatic heterocycles. The van der Waals surface area contributed by atoms with Gasteiger partial charge in [-0.05, 0) is 65.8 Å². The molecule has 2 aliphatic rings. The molecule has 2 aliphatic carbocycles. The molecule has 0 spiro atoms. The van der Waals surface area contributed by atoms with Gasteiger partial charge in [-0.3, -0.25) is 0 Å². The summed E-state index contributed by atoms with van der Waals surface area (Å²) < 4.78 is 19.6. The topological polar surface area (TPSA) is 55.6 Å². The Balaban J connectivity index is 1.54. The number of primary amides is 1. The third kappa shape index (κ3) is 3.54. The smallest absolute Gasteiger partial charge is 0.315 e. The number of amides is 2. The van der Waals surface area contributed by atoms with Crippen LogP contribution in [0.5, 0.6) is 5.75 Å². The zero-order valence-electron chi connectivity index (χ0n) is 17.2. The lowest BCUT2D eigenvalue weighted by Gasteiger charge is -2.42. The van der Waals surface area contributed by atoms with Crippen molar-refractivity contribution in [1.82, 2.24) is 4.90 Å². The van der Waals surface area contributed by atoms with E-state index in [2.05, 4.69) is 24.3 Å². The molecule has 1 fully saturated rings. The van der Waals surface area contributed by atoms with Crippen LogP contribution in [0.25, 0.3) is 11.1 Å². The van der Waals surface area contributed by atoms with Crippen molar-refractivity contribution in [2.24, 2.45) is 5.73 Å². The Morgan fingerprint density at radius 3 is 2.06 bits per heavy atom. The number of fused-ring (bicyclic) bond motifs is 3. The van der Waals surface area contributed by atoms with Crippen LogP contribution in [0.1, 0.15) is 42.9 Å². The first-order chi connectivity index (χ1) is 15.1. The summed E-state index contributed by atoms with van der Waals surface area (Å²) in [7, 11) is 0. The van der Waals surface area contributed by atoms with Gasteiger partial charge in [-0.2, -0.15) is 0 Å². The van der Waals surface area contributed by atoms with Crippen molar-refractivity contribution in [2.45, 2.75) is 43.9 Å². The molecule has 3 aromatic rings. The molecule has 0 saturated heterocycles. The van der Waals surface area contributed by atoms with Crippen LogP contribution in [0.15, 0.2) is 72.8 Å². The van der Waals surface area contributed by atoms with Gasteiger partial charge in [0.1, 0.15) is 17.7 Å². The largest absolute Gasteiger partial charge is 0.488 e. The summed E-state index contributed by atoms with van der Waals surface area (Å²) in [6.45, 7) is 0. The van der Waals surface area contributed by atoms with E-state index in [-0.39, 0.29) is 24.0 Å². The SMILES string of the molecule is NC(=O)N(C1c2ccccc2-c2ccccc21)C1CCCCC1Oc1ccc(F)cc1. The number of benzene rings is 3. The van der Waals surface area contributed by atoms with E-state index in [0.29, 0.717) is 5.75 Å². The number of carbonyl (C=O) groups excluding carboxylic acids is 1. The van der Waals surface area contributed by atoms with Gasteiger partial charge in [0.25, 0.3) is 0 Å². The molecule has 5 rings (SSSR count). The molecule has 158 valence electrons. The van der Waals surface area contributed by atoms with Gasteiger partial charge in [-0.1, -0.05) is 55.0 Å². The summed E-state index contributed by atoms with van der Waals surface area (Å²) >= 11 is 0. The maximum atomic E-state index is 13.3. The maximum absolute atomic E-state index is 13.3. The minimum atomic E-state index is -0.448. The van der Waals surface area contributed by atoms with E-state index in [4.69, 9.17) is 10.5 Å². The van der Waals surface area contributed by atoms with Crippen molar-refractivity contribution in [3.63, 3.8) is 0 Å². The van der Waals surface area contributed by atoms with Gasteiger partial charge < -0.3 is 15.4 Å². The molecule has 2 unspecified atom stereocenters. The molecule has 5 heteroatoms. The average Bonchev–Trinajstić information content (AvgIpc) is 3.11. The van der Waals surface area contributed by atoms with Gasteiger partial charge in [-0.15, -0.1) is 0 Å². The fourth-order valence-electron chi connectivity index (χ4n) is 5.13. The Morgan fingerprint density at radius 2 is 1.45 bits per heavy atom. The van der Waals surface area contributed by atoms with Crippen LogP contribution in [-0.2, 0) is 0 Å². The standard InChI is InChI=1S/C26H25FN2O2/c27-17-13-15-18(16-14-17)31-24-12-6-5-11-23(24)29(26(28)30)25-21-9-3-1-7-19(21)20-8-2-4-10-22(20)25/h1-4,7-10,13-16,23-25H,5-6,11-12H2,(H2,28,30). The van der Waals surface area contributed by atoms with Crippen molar-refractivity contribution >= 4 is 6.03 Å². The predicted octanol–water partition coefficient (Wildman–Crippen LogP) is 5.67. The van der Waals surface area contributed by atoms with Gasteiger partial charge in [0.05, 0.1) is 12.1 Å². The van der Waals surface area contributed by atoms with E-state index in [1.54, 1.807) is 12.1 Å². The Hall–Kier alpha value is -3.34. The summed E-state index contributed by atoms with van der Waals surface area (Å²) in [5.41, 5.74) is 10.5. The molecule has 2 atom stereocenters. The Kier molecular flexibility index (Phi) is 5.10. The molecule has 2 N–H and O–H groups in total. The first kappa shape index (κ1) is 19.6. The molecule has 31 heavy (non-hydrogen) atoms. The van der Waals surface area contributed by atoms with E-state index in [1.165, 1.54) is 12.1 Å². The molecule has 0 radical (unpaired) electrons. The number of nitrogens with zero attached hydrogens (tertiary/aromatic N) is 1. The maximum Gasteiger partial charge on any atom is 0.315 e. The quantitative estimate of drug-likeness (QED) is 0.596. The second kappa shape index (κ2) is 8.06. The molecule has 0 bridgehead atoms. The number of urea groups is 1. The number of rotatable bonds is 4. The third-order valence-corrected chi connectivity index (χ3v) is 6.46. The van der Waals surface area contributed by atoms with Gasteiger partial charge in [-0.25, -0.2) is 9.18 Å². The zero-order chi connectivity index (χ0) is 21.4. The zero-order valence-corrected chi connectivity index (χ0v) is 17.2. The fraction of sp³-hybridized carbons (Fsp3) is 0.269. The minimum Gasteiger partial charge on any atom is -0.488 e. The predicted molar refractivity (Wildman–Crippen MR) is 118 cm³/mol. The lowest BCUT2D eigenvalue weighted by Crippen LogP contribution is -2.53. The van der Waals surface area contributed by atoms with Crippen LogP contribution < -0.4 is 10.5 Å². The van der Waals surface area contributed by atoms with Crippen molar-refractivity contribution in [1.29, 1.82) is 0 Å². The molecule has 1 saturated carbocycles. The number of ether oxygens (including phenoxy) is 1. The molecular weight excluding hydrogens is 391 g/mol. The van der Waals surface area contributed by atoms with Gasteiger partial charge in [0.2, 0.25) is 0 Å². The molecule has 0 heterocycles. The molecule has 0 aromatic heterocycles. The van der Waals surface area contributed by atoms with E-state index >= 15 is 0 Å².